The van der Waals surface area contributed by atoms with Gasteiger partial charge in [0.05, 0.1) is 10.6 Å². The monoisotopic (exact) mass is 344 g/mol. The lowest BCUT2D eigenvalue weighted by Gasteiger charge is -2.38. The maximum atomic E-state index is 12.3. The van der Waals surface area contributed by atoms with E-state index in [2.05, 4.69) is 4.98 Å². The van der Waals surface area contributed by atoms with Crippen molar-refractivity contribution in [3.05, 3.63) is 28.0 Å². The van der Waals surface area contributed by atoms with Crippen LogP contribution in [0.3, 0.4) is 0 Å². The number of pyridine rings is 1. The summed E-state index contributed by atoms with van der Waals surface area (Å²) in [4.78, 5) is 29.8. The minimum Gasteiger partial charge on any atom is -0.452 e. The highest BCUT2D eigenvalue weighted by atomic mass is 35.5. The molecule has 0 aromatic carbocycles. The molecule has 5 nitrogen and oxygen atoms in total. The molecule has 1 aliphatic heterocycles. The molecular formula is C15H18Cl2N2O3. The van der Waals surface area contributed by atoms with E-state index < -0.39 is 5.97 Å². The Hall–Kier alpha value is -1.33. The average molecular weight is 345 g/mol. The van der Waals surface area contributed by atoms with Gasteiger partial charge < -0.3 is 9.64 Å². The van der Waals surface area contributed by atoms with Crippen LogP contribution in [0.15, 0.2) is 12.3 Å². The fourth-order valence-corrected chi connectivity index (χ4v) is 3.00. The fourth-order valence-electron chi connectivity index (χ4n) is 2.73. The van der Waals surface area contributed by atoms with Gasteiger partial charge in [-0.05, 0) is 39.2 Å². The van der Waals surface area contributed by atoms with E-state index in [1.54, 1.807) is 4.90 Å². The van der Waals surface area contributed by atoms with Gasteiger partial charge in [0.2, 0.25) is 0 Å². The standard InChI is InChI=1S/C15H18Cl2N2O3/c1-9-4-3-5-10(2)19(9)13(20)8-22-15(21)11-6-12(16)14(17)18-7-11/h6-7,9-10H,3-5,8H2,1-2H3. The molecule has 1 saturated heterocycles. The molecule has 0 N–H and O–H groups in total. The minimum absolute atomic E-state index is 0.116. The number of piperidine rings is 1. The number of amides is 1. The van der Waals surface area contributed by atoms with Gasteiger partial charge >= 0.3 is 5.97 Å². The maximum Gasteiger partial charge on any atom is 0.340 e. The predicted octanol–water partition coefficient (Wildman–Crippen LogP) is 3.33. The molecule has 2 rings (SSSR count). The van der Waals surface area contributed by atoms with Crippen molar-refractivity contribution in [3.63, 3.8) is 0 Å². The normalized spacial score (nSPS) is 21.5. The van der Waals surface area contributed by atoms with Crippen molar-refractivity contribution in [2.75, 3.05) is 6.61 Å². The number of carbonyl (C=O) groups excluding carboxylic acids is 2. The first kappa shape index (κ1) is 17.0. The third-order valence-corrected chi connectivity index (χ3v) is 4.53. The molecule has 0 aliphatic carbocycles. The van der Waals surface area contributed by atoms with E-state index in [1.165, 1.54) is 12.3 Å². The van der Waals surface area contributed by atoms with Crippen molar-refractivity contribution >= 4 is 35.1 Å². The second kappa shape index (κ2) is 7.29. The largest absolute Gasteiger partial charge is 0.452 e. The van der Waals surface area contributed by atoms with E-state index in [-0.39, 0.29) is 40.3 Å². The molecule has 1 aromatic rings. The van der Waals surface area contributed by atoms with Gasteiger partial charge in [0.15, 0.2) is 6.61 Å². The lowest BCUT2D eigenvalue weighted by atomic mass is 9.97. The Morgan fingerprint density at radius 1 is 1.32 bits per heavy atom. The van der Waals surface area contributed by atoms with Gasteiger partial charge in [-0.3, -0.25) is 4.79 Å². The summed E-state index contributed by atoms with van der Waals surface area (Å²) in [6.07, 6.45) is 4.33. The number of carbonyl (C=O) groups is 2. The van der Waals surface area contributed by atoms with Crippen LogP contribution in [0.4, 0.5) is 0 Å². The summed E-state index contributed by atoms with van der Waals surface area (Å²) in [5.41, 5.74) is 0.168. The number of ether oxygens (including phenoxy) is 1. The van der Waals surface area contributed by atoms with Gasteiger partial charge in [0.1, 0.15) is 5.15 Å². The average Bonchev–Trinajstić information content (AvgIpc) is 2.47. The van der Waals surface area contributed by atoms with Crippen LogP contribution in [-0.2, 0) is 9.53 Å². The molecule has 1 amide bonds. The molecule has 0 spiro atoms. The van der Waals surface area contributed by atoms with Crippen LogP contribution >= 0.6 is 23.2 Å². The van der Waals surface area contributed by atoms with Crippen molar-refractivity contribution in [2.24, 2.45) is 0 Å². The van der Waals surface area contributed by atoms with E-state index in [0.29, 0.717) is 0 Å². The van der Waals surface area contributed by atoms with Crippen molar-refractivity contribution < 1.29 is 14.3 Å². The summed E-state index contributed by atoms with van der Waals surface area (Å²) >= 11 is 11.5. The van der Waals surface area contributed by atoms with Gasteiger partial charge in [0, 0.05) is 18.3 Å². The fraction of sp³-hybridized carbons (Fsp3) is 0.533. The first-order valence-corrected chi connectivity index (χ1v) is 7.95. The Balaban J connectivity index is 1.95. The molecule has 0 bridgehead atoms. The van der Waals surface area contributed by atoms with Crippen LogP contribution in [0, 0.1) is 0 Å². The van der Waals surface area contributed by atoms with Gasteiger partial charge in [-0.2, -0.15) is 0 Å². The topological polar surface area (TPSA) is 59.5 Å². The summed E-state index contributed by atoms with van der Waals surface area (Å²) in [7, 11) is 0. The summed E-state index contributed by atoms with van der Waals surface area (Å²) < 4.78 is 5.06. The molecule has 22 heavy (non-hydrogen) atoms. The first-order chi connectivity index (χ1) is 10.4. The maximum absolute atomic E-state index is 12.3. The number of esters is 1. The van der Waals surface area contributed by atoms with Crippen LogP contribution in [0.1, 0.15) is 43.5 Å². The molecule has 7 heteroatoms. The Bertz CT molecular complexity index is 570. The van der Waals surface area contributed by atoms with Gasteiger partial charge in [-0.1, -0.05) is 23.2 Å². The van der Waals surface area contributed by atoms with Crippen molar-refractivity contribution in [2.45, 2.75) is 45.2 Å². The number of likely N-dealkylation sites (tertiary alicyclic amines) is 1. The summed E-state index contributed by atoms with van der Waals surface area (Å²) in [6.45, 7) is 3.74. The third kappa shape index (κ3) is 3.90. The molecular weight excluding hydrogens is 327 g/mol. The van der Waals surface area contributed by atoms with Gasteiger partial charge in [-0.15, -0.1) is 0 Å². The number of halogens is 2. The number of nitrogens with zero attached hydrogens (tertiary/aromatic N) is 2. The number of rotatable bonds is 3. The first-order valence-electron chi connectivity index (χ1n) is 7.19. The van der Waals surface area contributed by atoms with E-state index in [1.807, 2.05) is 13.8 Å². The third-order valence-electron chi connectivity index (χ3n) is 3.84. The number of hydrogen-bond donors (Lipinski definition) is 0. The second-order valence-corrected chi connectivity index (χ2v) is 6.27. The van der Waals surface area contributed by atoms with Crippen molar-refractivity contribution in [3.8, 4) is 0 Å². The summed E-state index contributed by atoms with van der Waals surface area (Å²) in [5, 5.41) is 0.283. The van der Waals surface area contributed by atoms with E-state index in [4.69, 9.17) is 27.9 Å². The molecule has 1 aliphatic rings. The van der Waals surface area contributed by atoms with E-state index in [9.17, 15) is 9.59 Å². The SMILES string of the molecule is CC1CCCC(C)N1C(=O)COC(=O)c1cnc(Cl)c(Cl)c1. The van der Waals surface area contributed by atoms with Crippen LogP contribution < -0.4 is 0 Å². The molecule has 0 saturated carbocycles. The molecule has 2 heterocycles. The van der Waals surface area contributed by atoms with Crippen LogP contribution in [-0.4, -0.2) is 40.5 Å². The molecule has 1 fully saturated rings. The van der Waals surface area contributed by atoms with Crippen LogP contribution in [0.5, 0.6) is 0 Å². The molecule has 2 atom stereocenters. The highest BCUT2D eigenvalue weighted by Crippen LogP contribution is 2.23. The highest BCUT2D eigenvalue weighted by Gasteiger charge is 2.29. The van der Waals surface area contributed by atoms with Crippen LogP contribution in [0.25, 0.3) is 0 Å². The molecule has 120 valence electrons. The lowest BCUT2D eigenvalue weighted by molar-refractivity contribution is -0.140. The lowest BCUT2D eigenvalue weighted by Crippen LogP contribution is -2.49. The minimum atomic E-state index is -0.642. The second-order valence-electron chi connectivity index (χ2n) is 5.50. The number of hydrogen-bond acceptors (Lipinski definition) is 4. The summed E-state index contributed by atoms with van der Waals surface area (Å²) in [5.74, 6) is -0.821. The zero-order chi connectivity index (χ0) is 16.3. The van der Waals surface area contributed by atoms with E-state index >= 15 is 0 Å². The smallest absolute Gasteiger partial charge is 0.340 e. The molecule has 2 unspecified atom stereocenters. The van der Waals surface area contributed by atoms with Gasteiger partial charge in [-0.25, -0.2) is 9.78 Å². The Labute approximate surface area is 139 Å². The summed E-state index contributed by atoms with van der Waals surface area (Å²) in [6, 6.07) is 1.71. The van der Waals surface area contributed by atoms with Crippen molar-refractivity contribution in [1.82, 2.24) is 9.88 Å². The molecule has 0 radical (unpaired) electrons. The van der Waals surface area contributed by atoms with Crippen LogP contribution in [0.2, 0.25) is 10.2 Å². The Kier molecular flexibility index (Phi) is 5.64. The Morgan fingerprint density at radius 3 is 2.55 bits per heavy atom. The quantitative estimate of drug-likeness (QED) is 0.623. The highest BCUT2D eigenvalue weighted by molar-refractivity contribution is 6.41. The van der Waals surface area contributed by atoms with Gasteiger partial charge in [0.25, 0.3) is 5.91 Å². The predicted molar refractivity (Wildman–Crippen MR) is 84.2 cm³/mol. The Morgan fingerprint density at radius 2 is 1.95 bits per heavy atom. The zero-order valence-corrected chi connectivity index (χ0v) is 14.0. The van der Waals surface area contributed by atoms with E-state index in [0.717, 1.165) is 19.3 Å². The molecule has 1 aromatic heterocycles. The van der Waals surface area contributed by atoms with Crippen molar-refractivity contribution in [1.29, 1.82) is 0 Å². The zero-order valence-electron chi connectivity index (χ0n) is 12.5. The number of aromatic nitrogens is 1.